The summed E-state index contributed by atoms with van der Waals surface area (Å²) < 4.78 is 10.8. The summed E-state index contributed by atoms with van der Waals surface area (Å²) in [5.74, 6) is 1.91. The highest BCUT2D eigenvalue weighted by Gasteiger charge is 2.38. The van der Waals surface area contributed by atoms with Crippen LogP contribution in [0.4, 0.5) is 0 Å². The molecule has 2 fully saturated rings. The van der Waals surface area contributed by atoms with E-state index in [2.05, 4.69) is 16.7 Å². The van der Waals surface area contributed by atoms with E-state index in [1.165, 1.54) is 19.4 Å². The maximum absolute atomic E-state index is 12.9. The number of hydrogen-bond acceptors (Lipinski definition) is 4. The Morgan fingerprint density at radius 2 is 1.92 bits per heavy atom. The third-order valence-corrected chi connectivity index (χ3v) is 5.95. The molecule has 1 aromatic carbocycles. The smallest absolute Gasteiger partial charge is 0.231 e. The minimum Gasteiger partial charge on any atom is -0.454 e. The topological polar surface area (TPSA) is 42.0 Å². The van der Waals surface area contributed by atoms with Crippen molar-refractivity contribution in [3.05, 3.63) is 23.8 Å². The number of rotatable bonds is 5. The van der Waals surface area contributed by atoms with E-state index in [0.29, 0.717) is 31.2 Å². The molecule has 0 saturated carbocycles. The number of benzene rings is 1. The van der Waals surface area contributed by atoms with Crippen LogP contribution in [0, 0.1) is 0 Å². The molecule has 0 bridgehead atoms. The maximum Gasteiger partial charge on any atom is 0.231 e. The number of amides is 1. The summed E-state index contributed by atoms with van der Waals surface area (Å²) in [7, 11) is 0. The number of aryl methyl sites for hydroxylation is 1. The minimum atomic E-state index is 0.294. The van der Waals surface area contributed by atoms with Crippen LogP contribution >= 0.6 is 0 Å². The standard InChI is InChI=1S/C20H28N2O3/c1-2-21-11-3-5-16(21)17-6-4-12-22(17)20(23)10-8-15-7-9-18-19(13-15)25-14-24-18/h7,9,13,16-17H,2-6,8,10-12,14H2,1H3/t16-,17-/m1/s1. The molecule has 25 heavy (non-hydrogen) atoms. The van der Waals surface area contributed by atoms with Crippen LogP contribution in [0.2, 0.25) is 0 Å². The molecule has 3 heterocycles. The SMILES string of the molecule is CCN1CCC[C@@H]1[C@H]1CCCN1C(=O)CCc1ccc2c(c1)OCO2. The molecular formula is C20H28N2O3. The van der Waals surface area contributed by atoms with E-state index in [1.54, 1.807) is 0 Å². The van der Waals surface area contributed by atoms with E-state index in [9.17, 15) is 4.79 Å². The van der Waals surface area contributed by atoms with Crippen LogP contribution in [0.3, 0.4) is 0 Å². The van der Waals surface area contributed by atoms with Gasteiger partial charge >= 0.3 is 0 Å². The number of likely N-dealkylation sites (N-methyl/N-ethyl adjacent to an activating group) is 1. The Morgan fingerprint density at radius 3 is 2.80 bits per heavy atom. The van der Waals surface area contributed by atoms with E-state index in [0.717, 1.165) is 49.4 Å². The van der Waals surface area contributed by atoms with Crippen molar-refractivity contribution in [1.82, 2.24) is 9.80 Å². The average molecular weight is 344 g/mol. The largest absolute Gasteiger partial charge is 0.454 e. The third-order valence-electron chi connectivity index (χ3n) is 5.95. The first-order valence-electron chi connectivity index (χ1n) is 9.68. The van der Waals surface area contributed by atoms with Crippen molar-refractivity contribution in [2.75, 3.05) is 26.4 Å². The van der Waals surface area contributed by atoms with Crippen molar-refractivity contribution < 1.29 is 14.3 Å². The van der Waals surface area contributed by atoms with Gasteiger partial charge in [0.15, 0.2) is 11.5 Å². The molecule has 5 nitrogen and oxygen atoms in total. The quantitative estimate of drug-likeness (QED) is 0.824. The maximum atomic E-state index is 12.9. The average Bonchev–Trinajstić information content (AvgIpc) is 3.37. The molecule has 0 aliphatic carbocycles. The summed E-state index contributed by atoms with van der Waals surface area (Å²) >= 11 is 0. The van der Waals surface area contributed by atoms with Crippen LogP contribution < -0.4 is 9.47 Å². The minimum absolute atomic E-state index is 0.294. The zero-order chi connectivity index (χ0) is 17.2. The number of nitrogens with zero attached hydrogens (tertiary/aromatic N) is 2. The number of fused-ring (bicyclic) bond motifs is 1. The second-order valence-corrected chi connectivity index (χ2v) is 7.32. The van der Waals surface area contributed by atoms with Gasteiger partial charge in [0, 0.05) is 25.0 Å². The van der Waals surface area contributed by atoms with Gasteiger partial charge in [0.25, 0.3) is 0 Å². The molecule has 0 unspecified atom stereocenters. The number of carbonyl (C=O) groups is 1. The van der Waals surface area contributed by atoms with Crippen LogP contribution in [0.5, 0.6) is 11.5 Å². The van der Waals surface area contributed by atoms with Crippen molar-refractivity contribution in [2.24, 2.45) is 0 Å². The first-order valence-corrected chi connectivity index (χ1v) is 9.68. The van der Waals surface area contributed by atoms with Gasteiger partial charge in [-0.15, -0.1) is 0 Å². The summed E-state index contributed by atoms with van der Waals surface area (Å²) in [6, 6.07) is 6.98. The number of likely N-dealkylation sites (tertiary alicyclic amines) is 2. The second kappa shape index (κ2) is 7.24. The monoisotopic (exact) mass is 344 g/mol. The first-order chi connectivity index (χ1) is 12.3. The van der Waals surface area contributed by atoms with Crippen LogP contribution in [-0.4, -0.2) is 54.2 Å². The Labute approximate surface area is 149 Å². The van der Waals surface area contributed by atoms with E-state index in [-0.39, 0.29) is 0 Å². The van der Waals surface area contributed by atoms with Crippen molar-refractivity contribution in [2.45, 2.75) is 57.5 Å². The highest BCUT2D eigenvalue weighted by molar-refractivity contribution is 5.77. The summed E-state index contributed by atoms with van der Waals surface area (Å²) in [5.41, 5.74) is 1.14. The fourth-order valence-corrected chi connectivity index (χ4v) is 4.67. The lowest BCUT2D eigenvalue weighted by Gasteiger charge is -2.34. The molecule has 136 valence electrons. The lowest BCUT2D eigenvalue weighted by atomic mass is 10.0. The predicted octanol–water partition coefficient (Wildman–Crippen LogP) is 2.82. The van der Waals surface area contributed by atoms with Crippen molar-refractivity contribution in [3.8, 4) is 11.5 Å². The Morgan fingerprint density at radius 1 is 1.12 bits per heavy atom. The molecule has 5 heteroatoms. The molecule has 0 spiro atoms. The van der Waals surface area contributed by atoms with Crippen LogP contribution in [0.25, 0.3) is 0 Å². The Kier molecular flexibility index (Phi) is 4.84. The lowest BCUT2D eigenvalue weighted by Crippen LogP contribution is -2.48. The van der Waals surface area contributed by atoms with E-state index in [4.69, 9.17) is 9.47 Å². The summed E-state index contributed by atoms with van der Waals surface area (Å²) in [4.78, 5) is 17.6. The molecule has 4 rings (SSSR count). The highest BCUT2D eigenvalue weighted by Crippen LogP contribution is 2.33. The van der Waals surface area contributed by atoms with E-state index < -0.39 is 0 Å². The van der Waals surface area contributed by atoms with Crippen LogP contribution in [-0.2, 0) is 11.2 Å². The van der Waals surface area contributed by atoms with E-state index >= 15 is 0 Å². The van der Waals surface area contributed by atoms with Crippen molar-refractivity contribution in [1.29, 1.82) is 0 Å². The molecule has 0 N–H and O–H groups in total. The fraction of sp³-hybridized carbons (Fsp3) is 0.650. The van der Waals surface area contributed by atoms with Crippen LogP contribution in [0.1, 0.15) is 44.6 Å². The van der Waals surface area contributed by atoms with Gasteiger partial charge in [-0.2, -0.15) is 0 Å². The van der Waals surface area contributed by atoms with Gasteiger partial charge in [0.05, 0.1) is 0 Å². The summed E-state index contributed by atoms with van der Waals surface area (Å²) in [6.45, 7) is 5.75. The Hall–Kier alpha value is -1.75. The second-order valence-electron chi connectivity index (χ2n) is 7.32. The van der Waals surface area contributed by atoms with Gasteiger partial charge in [-0.1, -0.05) is 13.0 Å². The fourth-order valence-electron chi connectivity index (χ4n) is 4.67. The van der Waals surface area contributed by atoms with Crippen LogP contribution in [0.15, 0.2) is 18.2 Å². The molecule has 1 amide bonds. The molecule has 3 aliphatic heterocycles. The molecular weight excluding hydrogens is 316 g/mol. The molecule has 1 aromatic rings. The van der Waals surface area contributed by atoms with Gasteiger partial charge in [0.1, 0.15) is 0 Å². The predicted molar refractivity (Wildman–Crippen MR) is 95.9 cm³/mol. The molecule has 0 radical (unpaired) electrons. The van der Waals surface area contributed by atoms with Gasteiger partial charge < -0.3 is 14.4 Å². The highest BCUT2D eigenvalue weighted by atomic mass is 16.7. The Balaban J connectivity index is 1.37. The molecule has 0 aromatic heterocycles. The summed E-state index contributed by atoms with van der Waals surface area (Å²) in [5, 5.41) is 0. The first kappa shape index (κ1) is 16.7. The van der Waals surface area contributed by atoms with E-state index in [1.807, 2.05) is 18.2 Å². The van der Waals surface area contributed by atoms with Gasteiger partial charge in [0.2, 0.25) is 12.7 Å². The number of hydrogen-bond donors (Lipinski definition) is 0. The number of carbonyl (C=O) groups excluding carboxylic acids is 1. The summed E-state index contributed by atoms with van der Waals surface area (Å²) in [6.07, 6.45) is 6.17. The van der Waals surface area contributed by atoms with Gasteiger partial charge in [-0.3, -0.25) is 9.69 Å². The zero-order valence-electron chi connectivity index (χ0n) is 15.1. The Bertz CT molecular complexity index is 633. The third kappa shape index (κ3) is 3.34. The number of ether oxygens (including phenoxy) is 2. The van der Waals surface area contributed by atoms with Crippen molar-refractivity contribution >= 4 is 5.91 Å². The molecule has 2 atom stereocenters. The van der Waals surface area contributed by atoms with Gasteiger partial charge in [-0.05, 0) is 62.9 Å². The molecule has 3 aliphatic rings. The lowest BCUT2D eigenvalue weighted by molar-refractivity contribution is -0.133. The van der Waals surface area contributed by atoms with Gasteiger partial charge in [-0.25, -0.2) is 0 Å². The normalized spacial score (nSPS) is 25.7. The zero-order valence-corrected chi connectivity index (χ0v) is 15.1. The van der Waals surface area contributed by atoms with Crippen molar-refractivity contribution in [3.63, 3.8) is 0 Å². The molecule has 2 saturated heterocycles.